The van der Waals surface area contributed by atoms with Gasteiger partial charge in [-0.1, -0.05) is 0 Å². The van der Waals surface area contributed by atoms with Crippen LogP contribution in [0.15, 0.2) is 0 Å². The lowest BCUT2D eigenvalue weighted by atomic mass is 9.96. The molecule has 0 spiro atoms. The van der Waals surface area contributed by atoms with E-state index in [1.807, 2.05) is 6.92 Å². The van der Waals surface area contributed by atoms with Crippen LogP contribution in [-0.2, 0) is 9.59 Å². The third kappa shape index (κ3) is 4.40. The minimum absolute atomic E-state index is 0.0234. The molecule has 1 aliphatic heterocycles. The van der Waals surface area contributed by atoms with Crippen LogP contribution in [0, 0.1) is 5.92 Å². The molecule has 7 heteroatoms. The molecule has 1 fully saturated rings. The predicted octanol–water partition coefficient (Wildman–Crippen LogP) is 0.361. The van der Waals surface area contributed by atoms with Gasteiger partial charge in [-0.15, -0.1) is 0 Å². The number of rotatable bonds is 5. The van der Waals surface area contributed by atoms with Crippen molar-refractivity contribution in [3.63, 3.8) is 0 Å². The first-order chi connectivity index (χ1) is 9.49. The molecule has 0 atom stereocenters. The van der Waals surface area contributed by atoms with Gasteiger partial charge < -0.3 is 20.2 Å². The van der Waals surface area contributed by atoms with Crippen molar-refractivity contribution in [2.24, 2.45) is 5.92 Å². The summed E-state index contributed by atoms with van der Waals surface area (Å²) < 4.78 is 0. The Hall–Kier alpha value is -1.79. The van der Waals surface area contributed by atoms with E-state index in [9.17, 15) is 14.4 Å². The van der Waals surface area contributed by atoms with Crippen LogP contribution in [-0.4, -0.2) is 66.0 Å². The molecule has 114 valence electrons. The van der Waals surface area contributed by atoms with Gasteiger partial charge in [-0.2, -0.15) is 0 Å². The number of urea groups is 1. The van der Waals surface area contributed by atoms with Crippen LogP contribution in [0.2, 0.25) is 0 Å². The van der Waals surface area contributed by atoms with E-state index in [1.54, 1.807) is 11.9 Å². The molecule has 0 aromatic heterocycles. The molecule has 1 heterocycles. The van der Waals surface area contributed by atoms with Crippen LogP contribution >= 0.6 is 0 Å². The monoisotopic (exact) mass is 285 g/mol. The van der Waals surface area contributed by atoms with Crippen molar-refractivity contribution in [3.8, 4) is 0 Å². The van der Waals surface area contributed by atoms with E-state index >= 15 is 0 Å². The van der Waals surface area contributed by atoms with Crippen molar-refractivity contribution in [3.05, 3.63) is 0 Å². The molecule has 0 unspecified atom stereocenters. The highest BCUT2D eigenvalue weighted by Crippen LogP contribution is 2.18. The lowest BCUT2D eigenvalue weighted by molar-refractivity contribution is -0.137. The van der Waals surface area contributed by atoms with E-state index in [1.165, 1.54) is 4.90 Å². The number of carbonyl (C=O) groups excluding carboxylic acids is 2. The SMILES string of the molecule is CCN(CCC(=O)O)C(=O)N1CCC(C(=O)NC)CC1. The number of aliphatic carboxylic acids is 1. The Bertz CT molecular complexity index is 365. The first-order valence-electron chi connectivity index (χ1n) is 6.96. The van der Waals surface area contributed by atoms with Gasteiger partial charge in [-0.25, -0.2) is 4.79 Å². The summed E-state index contributed by atoms with van der Waals surface area (Å²) in [5, 5.41) is 11.3. The summed E-state index contributed by atoms with van der Waals surface area (Å²) in [6.07, 6.45) is 1.26. The van der Waals surface area contributed by atoms with E-state index in [4.69, 9.17) is 5.11 Å². The largest absolute Gasteiger partial charge is 0.481 e. The number of hydrogen-bond donors (Lipinski definition) is 2. The van der Waals surface area contributed by atoms with Gasteiger partial charge in [0.25, 0.3) is 0 Å². The number of carbonyl (C=O) groups is 3. The smallest absolute Gasteiger partial charge is 0.320 e. The molecule has 3 amide bonds. The summed E-state index contributed by atoms with van der Waals surface area (Å²) in [6, 6.07) is -0.135. The molecule has 1 rings (SSSR count). The highest BCUT2D eigenvalue weighted by molar-refractivity contribution is 5.79. The van der Waals surface area contributed by atoms with Gasteiger partial charge in [-0.3, -0.25) is 9.59 Å². The van der Waals surface area contributed by atoms with Crippen molar-refractivity contribution < 1.29 is 19.5 Å². The van der Waals surface area contributed by atoms with Crippen molar-refractivity contribution in [1.82, 2.24) is 15.1 Å². The zero-order valence-corrected chi connectivity index (χ0v) is 12.1. The molecule has 0 bridgehead atoms. The van der Waals surface area contributed by atoms with Crippen molar-refractivity contribution >= 4 is 17.9 Å². The number of nitrogens with zero attached hydrogens (tertiary/aromatic N) is 2. The topological polar surface area (TPSA) is 90.0 Å². The molecule has 0 radical (unpaired) electrons. The third-order valence-corrected chi connectivity index (χ3v) is 3.63. The van der Waals surface area contributed by atoms with E-state index in [0.29, 0.717) is 32.5 Å². The molecule has 1 aliphatic rings. The Balaban J connectivity index is 2.48. The average Bonchev–Trinajstić information content (AvgIpc) is 2.46. The molecule has 7 nitrogen and oxygen atoms in total. The van der Waals surface area contributed by atoms with Gasteiger partial charge in [0.15, 0.2) is 0 Å². The maximum atomic E-state index is 12.2. The summed E-state index contributed by atoms with van der Waals surface area (Å²) in [7, 11) is 1.62. The number of piperidine rings is 1. The van der Waals surface area contributed by atoms with Gasteiger partial charge >= 0.3 is 12.0 Å². The second-order valence-corrected chi connectivity index (χ2v) is 4.88. The highest BCUT2D eigenvalue weighted by atomic mass is 16.4. The summed E-state index contributed by atoms with van der Waals surface area (Å²) in [4.78, 5) is 37.6. The Kier molecular flexibility index (Phi) is 6.27. The number of likely N-dealkylation sites (tertiary alicyclic amines) is 1. The number of carboxylic acids is 1. The van der Waals surface area contributed by atoms with Gasteiger partial charge in [0, 0.05) is 39.1 Å². The minimum Gasteiger partial charge on any atom is -0.481 e. The molecule has 0 aromatic carbocycles. The van der Waals surface area contributed by atoms with Gasteiger partial charge in [-0.05, 0) is 19.8 Å². The van der Waals surface area contributed by atoms with Crippen LogP contribution in [0.4, 0.5) is 4.79 Å². The molecular weight excluding hydrogens is 262 g/mol. The second kappa shape index (κ2) is 7.72. The van der Waals surface area contributed by atoms with Gasteiger partial charge in [0.1, 0.15) is 0 Å². The molecule has 1 saturated heterocycles. The van der Waals surface area contributed by atoms with Crippen LogP contribution in [0.3, 0.4) is 0 Å². The standard InChI is InChI=1S/C13H23N3O4/c1-3-15(9-6-11(17)18)13(20)16-7-4-10(5-8-16)12(19)14-2/h10H,3-9H2,1-2H3,(H,14,19)(H,17,18). The fourth-order valence-corrected chi connectivity index (χ4v) is 2.36. The fourth-order valence-electron chi connectivity index (χ4n) is 2.36. The molecule has 0 aromatic rings. The van der Waals surface area contributed by atoms with Crippen LogP contribution in [0.5, 0.6) is 0 Å². The summed E-state index contributed by atoms with van der Waals surface area (Å²) in [6.45, 7) is 3.62. The Labute approximate surface area is 118 Å². The number of hydrogen-bond acceptors (Lipinski definition) is 3. The summed E-state index contributed by atoms with van der Waals surface area (Å²) >= 11 is 0. The first-order valence-corrected chi connectivity index (χ1v) is 6.96. The maximum absolute atomic E-state index is 12.2. The summed E-state index contributed by atoms with van der Waals surface area (Å²) in [5.41, 5.74) is 0. The van der Waals surface area contributed by atoms with Gasteiger partial charge in [0.05, 0.1) is 6.42 Å². The zero-order valence-electron chi connectivity index (χ0n) is 12.1. The normalized spacial score (nSPS) is 15.8. The second-order valence-electron chi connectivity index (χ2n) is 4.88. The summed E-state index contributed by atoms with van der Waals surface area (Å²) in [5.74, 6) is -0.914. The van der Waals surface area contributed by atoms with Crippen LogP contribution < -0.4 is 5.32 Å². The maximum Gasteiger partial charge on any atom is 0.320 e. The lowest BCUT2D eigenvalue weighted by Gasteiger charge is -2.34. The Morgan fingerprint density at radius 1 is 1.30 bits per heavy atom. The van der Waals surface area contributed by atoms with E-state index < -0.39 is 5.97 Å². The molecule has 0 aliphatic carbocycles. The number of nitrogens with one attached hydrogen (secondary N) is 1. The highest BCUT2D eigenvalue weighted by Gasteiger charge is 2.28. The van der Waals surface area contributed by atoms with Crippen LogP contribution in [0.1, 0.15) is 26.2 Å². The van der Waals surface area contributed by atoms with E-state index in [-0.39, 0.29) is 30.8 Å². The predicted molar refractivity (Wildman–Crippen MR) is 73.3 cm³/mol. The molecule has 2 N–H and O–H groups in total. The van der Waals surface area contributed by atoms with E-state index in [0.717, 1.165) is 0 Å². The number of carboxylic acid groups (broad SMARTS) is 1. The van der Waals surface area contributed by atoms with E-state index in [2.05, 4.69) is 5.32 Å². The zero-order chi connectivity index (χ0) is 15.1. The first kappa shape index (κ1) is 16.3. The average molecular weight is 285 g/mol. The Morgan fingerprint density at radius 3 is 2.35 bits per heavy atom. The molecular formula is C13H23N3O4. The van der Waals surface area contributed by atoms with Crippen LogP contribution in [0.25, 0.3) is 0 Å². The lowest BCUT2D eigenvalue weighted by Crippen LogP contribution is -2.48. The molecule has 0 saturated carbocycles. The quantitative estimate of drug-likeness (QED) is 0.763. The Morgan fingerprint density at radius 2 is 1.90 bits per heavy atom. The van der Waals surface area contributed by atoms with Crippen molar-refractivity contribution in [2.75, 3.05) is 33.2 Å². The van der Waals surface area contributed by atoms with Gasteiger partial charge in [0.2, 0.25) is 5.91 Å². The van der Waals surface area contributed by atoms with Crippen molar-refractivity contribution in [1.29, 1.82) is 0 Å². The minimum atomic E-state index is -0.908. The fraction of sp³-hybridized carbons (Fsp3) is 0.769. The van der Waals surface area contributed by atoms with Crippen molar-refractivity contribution in [2.45, 2.75) is 26.2 Å². The number of amides is 3. The third-order valence-electron chi connectivity index (χ3n) is 3.63. The molecule has 20 heavy (non-hydrogen) atoms.